The first-order chi connectivity index (χ1) is 11.3. The Morgan fingerprint density at radius 2 is 1.83 bits per heavy atom. The Morgan fingerprint density at radius 3 is 2.42 bits per heavy atom. The molecule has 3 rings (SSSR count). The molecule has 1 aliphatic heterocycles. The molecule has 2 aliphatic rings. The van der Waals surface area contributed by atoms with Gasteiger partial charge in [0.25, 0.3) is 0 Å². The van der Waals surface area contributed by atoms with E-state index in [0.717, 1.165) is 17.7 Å². The van der Waals surface area contributed by atoms with E-state index in [0.29, 0.717) is 25.8 Å². The summed E-state index contributed by atoms with van der Waals surface area (Å²) in [5.74, 6) is -1.79. The summed E-state index contributed by atoms with van der Waals surface area (Å²) in [7, 11) is 0. The van der Waals surface area contributed by atoms with Gasteiger partial charge < -0.3 is 10.0 Å². The van der Waals surface area contributed by atoms with E-state index < -0.39 is 23.6 Å². The summed E-state index contributed by atoms with van der Waals surface area (Å²) in [6, 6.07) is 4.93. The van der Waals surface area contributed by atoms with Crippen LogP contribution >= 0.6 is 0 Å². The lowest BCUT2D eigenvalue weighted by atomic mass is 9.97. The molecule has 0 unspecified atom stereocenters. The minimum absolute atomic E-state index is 0.0648. The van der Waals surface area contributed by atoms with Crippen molar-refractivity contribution in [2.75, 3.05) is 13.1 Å². The van der Waals surface area contributed by atoms with Crippen molar-refractivity contribution in [1.82, 2.24) is 4.90 Å². The molecule has 2 fully saturated rings. The third kappa shape index (κ3) is 3.39. The second kappa shape index (κ2) is 6.11. The van der Waals surface area contributed by atoms with E-state index in [2.05, 4.69) is 0 Å². The van der Waals surface area contributed by atoms with Gasteiger partial charge in [0.1, 0.15) is 0 Å². The molecule has 1 aromatic rings. The third-order valence-electron chi connectivity index (χ3n) is 4.86. The average molecular weight is 341 g/mol. The summed E-state index contributed by atoms with van der Waals surface area (Å²) in [6.45, 7) is 0.781. The molecule has 1 amide bonds. The number of carbonyl (C=O) groups is 2. The first kappa shape index (κ1) is 16.8. The summed E-state index contributed by atoms with van der Waals surface area (Å²) in [5, 5.41) is 9.08. The molecule has 7 heteroatoms. The summed E-state index contributed by atoms with van der Waals surface area (Å²) < 4.78 is 37.7. The van der Waals surface area contributed by atoms with Crippen LogP contribution in [0.25, 0.3) is 0 Å². The van der Waals surface area contributed by atoms with Crippen LogP contribution in [-0.2, 0) is 15.8 Å². The minimum Gasteiger partial charge on any atom is -0.481 e. The van der Waals surface area contributed by atoms with Gasteiger partial charge in [0, 0.05) is 19.0 Å². The van der Waals surface area contributed by atoms with Crippen LogP contribution in [0.5, 0.6) is 0 Å². The van der Waals surface area contributed by atoms with Gasteiger partial charge in [-0.2, -0.15) is 13.2 Å². The van der Waals surface area contributed by atoms with Gasteiger partial charge in [-0.1, -0.05) is 12.1 Å². The predicted molar refractivity (Wildman–Crippen MR) is 79.2 cm³/mol. The quantitative estimate of drug-likeness (QED) is 0.919. The average Bonchev–Trinajstić information content (AvgIpc) is 3.34. The Morgan fingerprint density at radius 1 is 1.17 bits per heavy atom. The zero-order chi connectivity index (χ0) is 17.5. The fraction of sp³-hybridized carbons (Fsp3) is 0.529. The molecular formula is C17H18F3NO3. The minimum atomic E-state index is -4.36. The molecule has 1 aromatic carbocycles. The second-order valence-corrected chi connectivity index (χ2v) is 6.53. The SMILES string of the molecule is O=C(O)[C@@H]1CCCN(C(=O)[C@H]2C[C@@H]2c2ccc(C(F)(F)F)cc2)C1. The summed E-state index contributed by atoms with van der Waals surface area (Å²) in [5.41, 5.74) is 0.0308. The Balaban J connectivity index is 1.62. The number of carboxylic acids is 1. The van der Waals surface area contributed by atoms with Gasteiger partial charge in [-0.05, 0) is 42.9 Å². The zero-order valence-corrected chi connectivity index (χ0v) is 12.9. The van der Waals surface area contributed by atoms with Gasteiger partial charge in [-0.15, -0.1) is 0 Å². The van der Waals surface area contributed by atoms with Crippen molar-refractivity contribution < 1.29 is 27.9 Å². The molecule has 24 heavy (non-hydrogen) atoms. The highest BCUT2D eigenvalue weighted by Gasteiger charge is 2.46. The molecular weight excluding hydrogens is 323 g/mol. The van der Waals surface area contributed by atoms with Crippen LogP contribution < -0.4 is 0 Å². The van der Waals surface area contributed by atoms with Crippen LogP contribution in [-0.4, -0.2) is 35.0 Å². The first-order valence-electron chi connectivity index (χ1n) is 7.96. The third-order valence-corrected chi connectivity index (χ3v) is 4.86. The number of halogens is 3. The van der Waals surface area contributed by atoms with Crippen molar-refractivity contribution in [3.63, 3.8) is 0 Å². The molecule has 130 valence electrons. The topological polar surface area (TPSA) is 57.6 Å². The van der Waals surface area contributed by atoms with Crippen molar-refractivity contribution in [1.29, 1.82) is 0 Å². The molecule has 0 spiro atoms. The predicted octanol–water partition coefficient (Wildman–Crippen LogP) is 3.13. The number of carboxylic acid groups (broad SMARTS) is 1. The number of hydrogen-bond donors (Lipinski definition) is 1. The first-order valence-corrected chi connectivity index (χ1v) is 7.96. The zero-order valence-electron chi connectivity index (χ0n) is 12.9. The largest absolute Gasteiger partial charge is 0.481 e. The summed E-state index contributed by atoms with van der Waals surface area (Å²) in [4.78, 5) is 25.2. The number of amides is 1. The van der Waals surface area contributed by atoms with Crippen molar-refractivity contribution in [3.8, 4) is 0 Å². The van der Waals surface area contributed by atoms with Crippen LogP contribution in [0, 0.1) is 11.8 Å². The maximum Gasteiger partial charge on any atom is 0.416 e. The number of benzene rings is 1. The van der Waals surface area contributed by atoms with Gasteiger partial charge in [0.2, 0.25) is 5.91 Å². The van der Waals surface area contributed by atoms with E-state index in [-0.39, 0.29) is 24.3 Å². The van der Waals surface area contributed by atoms with Crippen LogP contribution in [0.2, 0.25) is 0 Å². The van der Waals surface area contributed by atoms with Gasteiger partial charge in [0.05, 0.1) is 11.5 Å². The van der Waals surface area contributed by atoms with E-state index >= 15 is 0 Å². The fourth-order valence-corrected chi connectivity index (χ4v) is 3.37. The Hall–Kier alpha value is -2.05. The second-order valence-electron chi connectivity index (χ2n) is 6.53. The molecule has 1 saturated carbocycles. The number of carbonyl (C=O) groups excluding carboxylic acids is 1. The Bertz CT molecular complexity index is 641. The number of aliphatic carboxylic acids is 1. The highest BCUT2D eigenvalue weighted by Crippen LogP contribution is 2.49. The van der Waals surface area contributed by atoms with Crippen LogP contribution in [0.3, 0.4) is 0 Å². The summed E-state index contributed by atoms with van der Waals surface area (Å²) >= 11 is 0. The van der Waals surface area contributed by atoms with Crippen molar-refractivity contribution >= 4 is 11.9 Å². The molecule has 1 saturated heterocycles. The smallest absolute Gasteiger partial charge is 0.416 e. The Kier molecular flexibility index (Phi) is 4.27. The molecule has 1 heterocycles. The van der Waals surface area contributed by atoms with E-state index in [4.69, 9.17) is 5.11 Å². The molecule has 0 aromatic heterocycles. The number of likely N-dealkylation sites (tertiary alicyclic amines) is 1. The van der Waals surface area contributed by atoms with Crippen LogP contribution in [0.1, 0.15) is 36.3 Å². The Labute approximate surface area is 137 Å². The van der Waals surface area contributed by atoms with Crippen LogP contribution in [0.15, 0.2) is 24.3 Å². The molecule has 4 nitrogen and oxygen atoms in total. The summed E-state index contributed by atoms with van der Waals surface area (Å²) in [6.07, 6.45) is -2.51. The number of nitrogens with zero attached hydrogens (tertiary/aromatic N) is 1. The highest BCUT2D eigenvalue weighted by molar-refractivity contribution is 5.84. The van der Waals surface area contributed by atoms with Gasteiger partial charge in [-0.3, -0.25) is 9.59 Å². The lowest BCUT2D eigenvalue weighted by Crippen LogP contribution is -2.43. The van der Waals surface area contributed by atoms with Crippen molar-refractivity contribution in [2.24, 2.45) is 11.8 Å². The number of hydrogen-bond acceptors (Lipinski definition) is 2. The highest BCUT2D eigenvalue weighted by atomic mass is 19.4. The maximum atomic E-state index is 12.6. The van der Waals surface area contributed by atoms with Gasteiger partial charge in [-0.25, -0.2) is 0 Å². The van der Waals surface area contributed by atoms with E-state index in [1.165, 1.54) is 12.1 Å². The fourth-order valence-electron chi connectivity index (χ4n) is 3.37. The lowest BCUT2D eigenvalue weighted by Gasteiger charge is -2.31. The normalized spacial score (nSPS) is 27.0. The van der Waals surface area contributed by atoms with E-state index in [1.54, 1.807) is 4.90 Å². The number of piperidine rings is 1. The standard InChI is InChI=1S/C17H18F3NO3/c18-17(19,20)12-5-3-10(4-6-12)13-8-14(13)15(22)21-7-1-2-11(9-21)16(23)24/h3-6,11,13-14H,1-2,7-9H2,(H,23,24)/t11-,13-,14+/m1/s1. The van der Waals surface area contributed by atoms with Crippen molar-refractivity contribution in [3.05, 3.63) is 35.4 Å². The number of rotatable bonds is 3. The molecule has 0 bridgehead atoms. The molecule has 1 N–H and O–H groups in total. The lowest BCUT2D eigenvalue weighted by molar-refractivity contribution is -0.146. The molecule has 0 radical (unpaired) electrons. The van der Waals surface area contributed by atoms with Crippen molar-refractivity contribution in [2.45, 2.75) is 31.4 Å². The molecule has 1 aliphatic carbocycles. The number of alkyl halides is 3. The monoisotopic (exact) mass is 341 g/mol. The van der Waals surface area contributed by atoms with Gasteiger partial charge >= 0.3 is 12.1 Å². The van der Waals surface area contributed by atoms with E-state index in [9.17, 15) is 22.8 Å². The maximum absolute atomic E-state index is 12.6. The van der Waals surface area contributed by atoms with Gasteiger partial charge in [0.15, 0.2) is 0 Å². The van der Waals surface area contributed by atoms with E-state index in [1.807, 2.05) is 0 Å². The molecule has 3 atom stereocenters. The van der Waals surface area contributed by atoms with Crippen LogP contribution in [0.4, 0.5) is 13.2 Å².